The molecule has 1 aliphatic carbocycles. The SMILES string of the molecule is CCc1ccc(Oc2cnc3cc(F)ccc3n2)cc1C1C(=O)CCC1=O. The summed E-state index contributed by atoms with van der Waals surface area (Å²) in [5.41, 5.74) is 2.61. The van der Waals surface area contributed by atoms with Crippen molar-refractivity contribution < 1.29 is 18.7 Å². The van der Waals surface area contributed by atoms with Crippen LogP contribution in [0.1, 0.15) is 36.8 Å². The number of rotatable bonds is 4. The number of fused-ring (bicyclic) bond motifs is 1. The van der Waals surface area contributed by atoms with Gasteiger partial charge in [-0.1, -0.05) is 13.0 Å². The molecule has 0 amide bonds. The Bertz CT molecular complexity index is 1050. The van der Waals surface area contributed by atoms with E-state index in [0.29, 0.717) is 41.6 Å². The summed E-state index contributed by atoms with van der Waals surface area (Å²) >= 11 is 0. The summed E-state index contributed by atoms with van der Waals surface area (Å²) in [5.74, 6) is -0.428. The number of carbonyl (C=O) groups excluding carboxylic acids is 2. The molecule has 0 bridgehead atoms. The van der Waals surface area contributed by atoms with Gasteiger partial charge in [0, 0.05) is 18.9 Å². The van der Waals surface area contributed by atoms with Gasteiger partial charge < -0.3 is 4.74 Å². The average Bonchev–Trinajstić information content (AvgIpc) is 3.00. The Labute approximate surface area is 155 Å². The van der Waals surface area contributed by atoms with Crippen molar-refractivity contribution in [1.82, 2.24) is 9.97 Å². The molecule has 27 heavy (non-hydrogen) atoms. The maximum absolute atomic E-state index is 13.3. The maximum Gasteiger partial charge on any atom is 0.238 e. The number of halogens is 1. The highest BCUT2D eigenvalue weighted by atomic mass is 19.1. The molecule has 0 saturated heterocycles. The molecule has 0 spiro atoms. The van der Waals surface area contributed by atoms with Gasteiger partial charge in [-0.05, 0) is 41.8 Å². The van der Waals surface area contributed by atoms with Crippen LogP contribution in [0, 0.1) is 5.82 Å². The van der Waals surface area contributed by atoms with Gasteiger partial charge in [-0.15, -0.1) is 0 Å². The molecule has 1 fully saturated rings. The van der Waals surface area contributed by atoms with Gasteiger partial charge in [0.2, 0.25) is 5.88 Å². The average molecular weight is 364 g/mol. The summed E-state index contributed by atoms with van der Waals surface area (Å²) < 4.78 is 19.1. The summed E-state index contributed by atoms with van der Waals surface area (Å²) in [6, 6.07) is 9.53. The lowest BCUT2D eigenvalue weighted by molar-refractivity contribution is -0.123. The molecule has 5 nitrogen and oxygen atoms in total. The van der Waals surface area contributed by atoms with Crippen LogP contribution in [-0.4, -0.2) is 21.5 Å². The first kappa shape index (κ1) is 17.3. The van der Waals surface area contributed by atoms with E-state index in [1.807, 2.05) is 13.0 Å². The minimum atomic E-state index is -0.700. The molecule has 4 rings (SSSR count). The molecule has 1 aliphatic rings. The van der Waals surface area contributed by atoms with Gasteiger partial charge >= 0.3 is 0 Å². The largest absolute Gasteiger partial charge is 0.437 e. The molecule has 0 N–H and O–H groups in total. The lowest BCUT2D eigenvalue weighted by Crippen LogP contribution is -2.14. The first-order valence-corrected chi connectivity index (χ1v) is 8.83. The van der Waals surface area contributed by atoms with Crippen LogP contribution < -0.4 is 4.74 Å². The molecule has 0 unspecified atom stereocenters. The number of aryl methyl sites for hydroxylation is 1. The molecule has 1 aromatic heterocycles. The Hall–Kier alpha value is -3.15. The van der Waals surface area contributed by atoms with Crippen LogP contribution in [0.3, 0.4) is 0 Å². The Morgan fingerprint density at radius 3 is 2.59 bits per heavy atom. The summed E-state index contributed by atoms with van der Waals surface area (Å²) in [7, 11) is 0. The molecule has 2 aromatic carbocycles. The smallest absolute Gasteiger partial charge is 0.238 e. The number of hydrogen-bond acceptors (Lipinski definition) is 5. The third-order valence-electron chi connectivity index (χ3n) is 4.78. The van der Waals surface area contributed by atoms with Gasteiger partial charge in [0.05, 0.1) is 17.2 Å². The quantitative estimate of drug-likeness (QED) is 0.651. The fraction of sp³-hybridized carbons (Fsp3) is 0.238. The van der Waals surface area contributed by atoms with E-state index in [1.54, 1.807) is 12.1 Å². The van der Waals surface area contributed by atoms with Gasteiger partial charge in [0.1, 0.15) is 29.1 Å². The van der Waals surface area contributed by atoms with Crippen molar-refractivity contribution in [1.29, 1.82) is 0 Å². The normalized spacial score (nSPS) is 14.9. The second kappa shape index (κ2) is 6.87. The number of ketones is 2. The van der Waals surface area contributed by atoms with E-state index in [1.165, 1.54) is 24.4 Å². The zero-order chi connectivity index (χ0) is 19.0. The number of aromatic nitrogens is 2. The van der Waals surface area contributed by atoms with E-state index < -0.39 is 5.92 Å². The van der Waals surface area contributed by atoms with Crippen LogP contribution in [-0.2, 0) is 16.0 Å². The highest BCUT2D eigenvalue weighted by Gasteiger charge is 2.35. The molecular weight excluding hydrogens is 347 g/mol. The molecule has 6 heteroatoms. The molecule has 136 valence electrons. The van der Waals surface area contributed by atoms with E-state index in [0.717, 1.165) is 5.56 Å². The van der Waals surface area contributed by atoms with Crippen LogP contribution in [0.4, 0.5) is 4.39 Å². The lowest BCUT2D eigenvalue weighted by atomic mass is 9.90. The monoisotopic (exact) mass is 364 g/mol. The summed E-state index contributed by atoms with van der Waals surface area (Å²) in [5, 5.41) is 0. The zero-order valence-electron chi connectivity index (χ0n) is 14.7. The van der Waals surface area contributed by atoms with Crippen molar-refractivity contribution in [2.45, 2.75) is 32.1 Å². The van der Waals surface area contributed by atoms with Crippen LogP contribution in [0.25, 0.3) is 11.0 Å². The number of nitrogens with zero attached hydrogens (tertiary/aromatic N) is 2. The fourth-order valence-corrected chi connectivity index (χ4v) is 3.43. The van der Waals surface area contributed by atoms with Gasteiger partial charge in [-0.25, -0.2) is 14.4 Å². The second-order valence-electron chi connectivity index (χ2n) is 6.52. The van der Waals surface area contributed by atoms with E-state index in [-0.39, 0.29) is 23.3 Å². The summed E-state index contributed by atoms with van der Waals surface area (Å²) in [6.07, 6.45) is 2.73. The minimum Gasteiger partial charge on any atom is -0.437 e. The van der Waals surface area contributed by atoms with Gasteiger partial charge in [0.15, 0.2) is 0 Å². The van der Waals surface area contributed by atoms with Crippen molar-refractivity contribution >= 4 is 22.6 Å². The first-order chi connectivity index (χ1) is 13.0. The second-order valence-corrected chi connectivity index (χ2v) is 6.52. The molecule has 0 aliphatic heterocycles. The highest BCUT2D eigenvalue weighted by molar-refractivity contribution is 6.13. The number of benzene rings is 2. The van der Waals surface area contributed by atoms with E-state index >= 15 is 0 Å². The van der Waals surface area contributed by atoms with Crippen LogP contribution >= 0.6 is 0 Å². The van der Waals surface area contributed by atoms with E-state index in [4.69, 9.17) is 4.74 Å². The van der Waals surface area contributed by atoms with Crippen molar-refractivity contribution in [3.05, 3.63) is 59.5 Å². The van der Waals surface area contributed by atoms with Gasteiger partial charge in [-0.3, -0.25) is 9.59 Å². The molecule has 1 saturated carbocycles. The Morgan fingerprint density at radius 2 is 1.85 bits per heavy atom. The number of hydrogen-bond donors (Lipinski definition) is 0. The number of Topliss-reactive ketones (excluding diaryl/α,β-unsaturated/α-hetero) is 2. The predicted molar refractivity (Wildman–Crippen MR) is 97.4 cm³/mol. The van der Waals surface area contributed by atoms with Crippen molar-refractivity contribution in [2.24, 2.45) is 0 Å². The topological polar surface area (TPSA) is 69.2 Å². The molecule has 1 heterocycles. The Morgan fingerprint density at radius 1 is 1.07 bits per heavy atom. The van der Waals surface area contributed by atoms with Crippen molar-refractivity contribution in [3.8, 4) is 11.6 Å². The third kappa shape index (κ3) is 3.30. The van der Waals surface area contributed by atoms with Gasteiger partial charge in [-0.2, -0.15) is 0 Å². The Kier molecular flexibility index (Phi) is 4.39. The fourth-order valence-electron chi connectivity index (χ4n) is 3.43. The van der Waals surface area contributed by atoms with Crippen molar-refractivity contribution in [3.63, 3.8) is 0 Å². The van der Waals surface area contributed by atoms with E-state index in [9.17, 15) is 14.0 Å². The first-order valence-electron chi connectivity index (χ1n) is 8.83. The minimum absolute atomic E-state index is 0.0422. The maximum atomic E-state index is 13.3. The molecule has 3 aromatic rings. The zero-order valence-corrected chi connectivity index (χ0v) is 14.7. The van der Waals surface area contributed by atoms with Crippen LogP contribution in [0.15, 0.2) is 42.6 Å². The molecule has 0 radical (unpaired) electrons. The lowest BCUT2D eigenvalue weighted by Gasteiger charge is -2.15. The Balaban J connectivity index is 1.68. The summed E-state index contributed by atoms with van der Waals surface area (Å²) in [6.45, 7) is 1.98. The number of carbonyl (C=O) groups is 2. The summed E-state index contributed by atoms with van der Waals surface area (Å²) in [4.78, 5) is 32.9. The van der Waals surface area contributed by atoms with Crippen LogP contribution in [0.2, 0.25) is 0 Å². The highest BCUT2D eigenvalue weighted by Crippen LogP contribution is 2.34. The number of ether oxygens (including phenoxy) is 1. The van der Waals surface area contributed by atoms with Crippen molar-refractivity contribution in [2.75, 3.05) is 0 Å². The standard InChI is InChI=1S/C21H17FN2O3/c1-2-12-3-5-14(10-15(12)21-18(25)7-8-19(21)26)27-20-11-23-17-9-13(22)4-6-16(17)24-20/h3-6,9-11,21H,2,7-8H2,1H3. The third-order valence-corrected chi connectivity index (χ3v) is 4.78. The predicted octanol–water partition coefficient (Wildman–Crippen LogP) is 4.14. The molecular formula is C21H17FN2O3. The van der Waals surface area contributed by atoms with Crippen LogP contribution in [0.5, 0.6) is 11.6 Å². The molecule has 0 atom stereocenters. The van der Waals surface area contributed by atoms with Gasteiger partial charge in [0.25, 0.3) is 0 Å². The van der Waals surface area contributed by atoms with E-state index in [2.05, 4.69) is 9.97 Å².